The third-order valence-electron chi connectivity index (χ3n) is 5.44. The van der Waals surface area contributed by atoms with Gasteiger partial charge in [0, 0.05) is 0 Å². The smallest absolute Gasteiger partial charge is 0.372 e. The molecule has 1 saturated heterocycles. The Balaban J connectivity index is 1.87. The average molecular weight is 475 g/mol. The van der Waals surface area contributed by atoms with E-state index in [2.05, 4.69) is 5.43 Å². The summed E-state index contributed by atoms with van der Waals surface area (Å²) in [5.74, 6) is 4.77. The zero-order valence-electron chi connectivity index (χ0n) is 17.4. The molecule has 0 saturated carbocycles. The van der Waals surface area contributed by atoms with Crippen molar-refractivity contribution < 1.29 is 35.9 Å². The average Bonchev–Trinajstić information content (AvgIpc) is 2.77. The number of alkyl halides is 6. The molecule has 180 valence electrons. The van der Waals surface area contributed by atoms with Crippen molar-refractivity contribution in [3.05, 3.63) is 70.8 Å². The maximum Gasteiger partial charge on any atom is 0.416 e. The van der Waals surface area contributed by atoms with Crippen LogP contribution in [-0.2, 0) is 28.5 Å². The van der Waals surface area contributed by atoms with Crippen LogP contribution in [0, 0.1) is 0 Å². The first-order valence-corrected chi connectivity index (χ1v) is 10.2. The summed E-state index contributed by atoms with van der Waals surface area (Å²) in [6.07, 6.45) is -9.27. The molecule has 0 aromatic heterocycles. The van der Waals surface area contributed by atoms with E-state index in [0.29, 0.717) is 31.5 Å². The molecule has 0 unspecified atom stereocenters. The monoisotopic (exact) mass is 475 g/mol. The number of benzene rings is 2. The normalized spacial score (nSPS) is 20.0. The number of piperidine rings is 1. The van der Waals surface area contributed by atoms with Gasteiger partial charge in [0.1, 0.15) is 0 Å². The van der Waals surface area contributed by atoms with E-state index in [9.17, 15) is 31.1 Å². The molecule has 11 heteroatoms. The first-order chi connectivity index (χ1) is 15.5. The molecule has 0 bridgehead atoms. The second kappa shape index (κ2) is 10.1. The van der Waals surface area contributed by atoms with Crippen LogP contribution in [0.4, 0.5) is 26.3 Å². The minimum absolute atomic E-state index is 0.0301. The van der Waals surface area contributed by atoms with E-state index in [0.717, 1.165) is 5.56 Å². The van der Waals surface area contributed by atoms with Gasteiger partial charge in [-0.1, -0.05) is 30.3 Å². The Morgan fingerprint density at radius 2 is 1.64 bits per heavy atom. The van der Waals surface area contributed by atoms with Crippen LogP contribution in [0.2, 0.25) is 0 Å². The van der Waals surface area contributed by atoms with Crippen LogP contribution >= 0.6 is 0 Å². The van der Waals surface area contributed by atoms with E-state index in [1.54, 1.807) is 18.2 Å². The largest absolute Gasteiger partial charge is 0.416 e. The molecular formula is C22H23F6N3O2. The summed E-state index contributed by atoms with van der Waals surface area (Å²) in [6, 6.07) is 10.0. The zero-order chi connectivity index (χ0) is 24.2. The summed E-state index contributed by atoms with van der Waals surface area (Å²) in [4.78, 5) is 13.7. The second-order valence-electron chi connectivity index (χ2n) is 7.80. The highest BCUT2D eigenvalue weighted by Crippen LogP contribution is 2.38. The van der Waals surface area contributed by atoms with E-state index < -0.39 is 48.1 Å². The molecule has 2 aromatic carbocycles. The number of carbonyl (C=O) groups excluding carboxylic acids is 1. The second-order valence-corrected chi connectivity index (χ2v) is 7.80. The minimum Gasteiger partial charge on any atom is -0.372 e. The topological polar surface area (TPSA) is 67.6 Å². The van der Waals surface area contributed by atoms with Gasteiger partial charge in [-0.15, -0.1) is 0 Å². The number of hydrogen-bond donors (Lipinski definition) is 2. The van der Waals surface area contributed by atoms with Crippen molar-refractivity contribution in [3.8, 4) is 0 Å². The maximum atomic E-state index is 13.2. The van der Waals surface area contributed by atoms with Gasteiger partial charge in [0.2, 0.25) is 5.91 Å². The summed E-state index contributed by atoms with van der Waals surface area (Å²) < 4.78 is 84.8. The van der Waals surface area contributed by atoms with Crippen LogP contribution in [0.15, 0.2) is 48.5 Å². The van der Waals surface area contributed by atoms with Gasteiger partial charge < -0.3 is 4.74 Å². The Bertz CT molecular complexity index is 917. The van der Waals surface area contributed by atoms with E-state index in [4.69, 9.17) is 10.6 Å². The fourth-order valence-electron chi connectivity index (χ4n) is 3.99. The molecule has 0 spiro atoms. The molecule has 1 aliphatic heterocycles. The molecule has 3 rings (SSSR count). The fraction of sp³-hybridized carbons (Fsp3) is 0.409. The van der Waals surface area contributed by atoms with Crippen molar-refractivity contribution in [2.75, 3.05) is 13.1 Å². The van der Waals surface area contributed by atoms with Gasteiger partial charge in [-0.05, 0) is 48.7 Å². The first-order valence-electron chi connectivity index (χ1n) is 10.2. The highest BCUT2D eigenvalue weighted by Gasteiger charge is 2.38. The Morgan fingerprint density at radius 3 is 2.18 bits per heavy atom. The molecule has 3 N–H and O–H groups in total. The molecule has 1 amide bonds. The van der Waals surface area contributed by atoms with Crippen LogP contribution in [-0.4, -0.2) is 30.0 Å². The van der Waals surface area contributed by atoms with Gasteiger partial charge in [-0.25, -0.2) is 5.84 Å². The molecule has 1 fully saturated rings. The lowest BCUT2D eigenvalue weighted by Crippen LogP contribution is -2.48. The van der Waals surface area contributed by atoms with Crippen molar-refractivity contribution >= 4 is 5.91 Å². The summed E-state index contributed by atoms with van der Waals surface area (Å²) >= 11 is 0. The van der Waals surface area contributed by atoms with Gasteiger partial charge in [0.05, 0.1) is 36.4 Å². The highest BCUT2D eigenvalue weighted by atomic mass is 19.4. The summed E-state index contributed by atoms with van der Waals surface area (Å²) in [5, 5.41) is 0. The van der Waals surface area contributed by atoms with Crippen molar-refractivity contribution in [2.45, 2.75) is 43.9 Å². The number of rotatable bonds is 6. The minimum atomic E-state index is -4.93. The molecule has 1 aliphatic rings. The summed E-state index contributed by atoms with van der Waals surface area (Å²) in [5.41, 5.74) is -0.137. The number of nitrogens with zero attached hydrogens (tertiary/aromatic N) is 1. The van der Waals surface area contributed by atoms with Crippen LogP contribution in [0.3, 0.4) is 0 Å². The van der Waals surface area contributed by atoms with Gasteiger partial charge in [0.15, 0.2) is 0 Å². The van der Waals surface area contributed by atoms with E-state index >= 15 is 0 Å². The quantitative estimate of drug-likeness (QED) is 0.281. The SMILES string of the molecule is NNC(=O)CN1CCC[C@H](OCc2cc(C(F)(F)F)cc(C(F)(F)F)c2)[C@@H]1c1ccccc1. The Hall–Kier alpha value is -2.63. The van der Waals surface area contributed by atoms with Crippen LogP contribution in [0.1, 0.15) is 41.1 Å². The highest BCUT2D eigenvalue weighted by molar-refractivity contribution is 5.77. The van der Waals surface area contributed by atoms with Gasteiger partial charge in [-0.2, -0.15) is 26.3 Å². The van der Waals surface area contributed by atoms with Crippen molar-refractivity contribution in [1.82, 2.24) is 10.3 Å². The van der Waals surface area contributed by atoms with E-state index in [1.807, 2.05) is 17.0 Å². The molecule has 1 heterocycles. The summed E-state index contributed by atoms with van der Waals surface area (Å²) in [7, 11) is 0. The number of nitrogens with two attached hydrogens (primary N) is 1. The van der Waals surface area contributed by atoms with Crippen LogP contribution < -0.4 is 11.3 Å². The van der Waals surface area contributed by atoms with Gasteiger partial charge in [-0.3, -0.25) is 15.1 Å². The number of hydrogen-bond acceptors (Lipinski definition) is 4. The number of likely N-dealkylation sites (tertiary alicyclic amines) is 1. The number of ether oxygens (including phenoxy) is 1. The number of nitrogens with one attached hydrogen (secondary N) is 1. The molecule has 0 aliphatic carbocycles. The molecule has 5 nitrogen and oxygen atoms in total. The molecule has 0 radical (unpaired) electrons. The molecule has 2 atom stereocenters. The number of hydrazine groups is 1. The molecular weight excluding hydrogens is 452 g/mol. The predicted octanol–water partition coefficient (Wildman–Crippen LogP) is 4.44. The lowest BCUT2D eigenvalue weighted by Gasteiger charge is -2.41. The number of carbonyl (C=O) groups is 1. The predicted molar refractivity (Wildman–Crippen MR) is 107 cm³/mol. The number of amides is 1. The fourth-order valence-corrected chi connectivity index (χ4v) is 3.99. The third kappa shape index (κ3) is 6.46. The van der Waals surface area contributed by atoms with Crippen molar-refractivity contribution in [3.63, 3.8) is 0 Å². The maximum absolute atomic E-state index is 13.2. The molecule has 33 heavy (non-hydrogen) atoms. The van der Waals surface area contributed by atoms with Crippen LogP contribution in [0.5, 0.6) is 0 Å². The van der Waals surface area contributed by atoms with Crippen molar-refractivity contribution in [1.29, 1.82) is 0 Å². The zero-order valence-corrected chi connectivity index (χ0v) is 17.4. The number of halogens is 6. The van der Waals surface area contributed by atoms with Gasteiger partial charge in [0.25, 0.3) is 0 Å². The molecule has 2 aromatic rings. The van der Waals surface area contributed by atoms with E-state index in [-0.39, 0.29) is 18.2 Å². The van der Waals surface area contributed by atoms with Crippen molar-refractivity contribution in [2.24, 2.45) is 5.84 Å². The summed E-state index contributed by atoms with van der Waals surface area (Å²) in [6.45, 7) is 0.0737. The van der Waals surface area contributed by atoms with Crippen LogP contribution in [0.25, 0.3) is 0 Å². The standard InChI is InChI=1S/C22H23F6N3O2/c23-21(24,25)16-9-14(10-17(11-16)22(26,27)28)13-33-18-7-4-8-31(12-19(32)30-29)20(18)15-5-2-1-3-6-15/h1-3,5-6,9-11,18,20H,4,7-8,12-13,29H2,(H,30,32)/t18-,20-/m0/s1. The van der Waals surface area contributed by atoms with Gasteiger partial charge >= 0.3 is 12.4 Å². The Labute approximate surface area is 186 Å². The lowest BCUT2D eigenvalue weighted by atomic mass is 9.92. The Morgan fingerprint density at radius 1 is 1.03 bits per heavy atom. The Kier molecular flexibility index (Phi) is 7.65. The third-order valence-corrected chi connectivity index (χ3v) is 5.44. The lowest BCUT2D eigenvalue weighted by molar-refractivity contribution is -0.143. The first kappa shape index (κ1) is 25.0. The van der Waals surface area contributed by atoms with E-state index in [1.165, 1.54) is 0 Å².